The van der Waals surface area contributed by atoms with Crippen LogP contribution in [0.4, 0.5) is 23.2 Å². The maximum atomic E-state index is 15.3. The van der Waals surface area contributed by atoms with Crippen molar-refractivity contribution in [3.63, 3.8) is 0 Å². The predicted molar refractivity (Wildman–Crippen MR) is 128 cm³/mol. The van der Waals surface area contributed by atoms with Gasteiger partial charge in [-0.1, -0.05) is 0 Å². The molecule has 3 aliphatic rings. The number of rotatable bonds is 3. The molecule has 2 saturated heterocycles. The number of pyridine rings is 1. The molecule has 4 heterocycles. The number of carbonyl (C=O) groups is 1. The third-order valence-corrected chi connectivity index (χ3v) is 7.70. The van der Waals surface area contributed by atoms with Crippen LogP contribution in [-0.2, 0) is 22.3 Å². The maximum absolute atomic E-state index is 15.3. The largest absolute Gasteiger partial charge is 0.573 e. The molecule has 0 unspecified atom stereocenters. The van der Waals surface area contributed by atoms with Crippen LogP contribution in [-0.4, -0.2) is 59.2 Å². The summed E-state index contributed by atoms with van der Waals surface area (Å²) in [4.78, 5) is 22.3. The number of aromatic amines is 1. The average Bonchev–Trinajstić information content (AvgIpc) is 3.47. The molecule has 12 heteroatoms. The number of halogens is 4. The quantitative estimate of drug-likeness (QED) is 0.381. The second-order valence-corrected chi connectivity index (χ2v) is 9.97. The van der Waals surface area contributed by atoms with Crippen molar-refractivity contribution >= 4 is 22.6 Å². The summed E-state index contributed by atoms with van der Waals surface area (Å²) < 4.78 is 68.5. The molecule has 2 aromatic heterocycles. The molecule has 202 valence electrons. The van der Waals surface area contributed by atoms with Gasteiger partial charge in [0.2, 0.25) is 0 Å². The molecule has 2 aliphatic heterocycles. The third-order valence-electron chi connectivity index (χ3n) is 7.70. The van der Waals surface area contributed by atoms with Crippen molar-refractivity contribution in [1.82, 2.24) is 14.9 Å². The fraction of sp³-hybridized carbons (Fsp3) is 0.462. The first-order valence-corrected chi connectivity index (χ1v) is 12.5. The summed E-state index contributed by atoms with van der Waals surface area (Å²) in [5.74, 6) is -2.10. The molecule has 1 amide bonds. The first-order valence-electron chi connectivity index (χ1n) is 12.5. The fourth-order valence-corrected chi connectivity index (χ4v) is 5.97. The van der Waals surface area contributed by atoms with Crippen LogP contribution < -0.4 is 10.5 Å². The van der Waals surface area contributed by atoms with Crippen molar-refractivity contribution < 1.29 is 36.6 Å². The number of amides is 1. The molecule has 1 aromatic carbocycles. The number of anilines is 1. The van der Waals surface area contributed by atoms with Crippen LogP contribution in [0.3, 0.4) is 0 Å². The molecule has 0 radical (unpaired) electrons. The van der Waals surface area contributed by atoms with Gasteiger partial charge in [-0.3, -0.25) is 4.79 Å². The van der Waals surface area contributed by atoms with Crippen molar-refractivity contribution in [3.8, 4) is 5.75 Å². The summed E-state index contributed by atoms with van der Waals surface area (Å²) in [5.41, 5.74) is 9.08. The van der Waals surface area contributed by atoms with E-state index in [4.69, 9.17) is 15.2 Å². The van der Waals surface area contributed by atoms with E-state index in [0.29, 0.717) is 63.2 Å². The Kier molecular flexibility index (Phi) is 5.98. The summed E-state index contributed by atoms with van der Waals surface area (Å²) in [6.45, 7) is 1.75. The fourth-order valence-electron chi connectivity index (χ4n) is 5.97. The van der Waals surface area contributed by atoms with Gasteiger partial charge in [0, 0.05) is 54.3 Å². The Morgan fingerprint density at radius 1 is 1.21 bits per heavy atom. The SMILES string of the molecule is Nc1cc(OC(F)(F)F)ccc1C(=O)N1CCC(c2c(F)cnc3[nH]c4c(c23)CC2(CC4)OCCO2)CC1. The number of nitrogens with one attached hydrogen (secondary N) is 1. The van der Waals surface area contributed by atoms with Gasteiger partial charge in [0.15, 0.2) is 5.79 Å². The summed E-state index contributed by atoms with van der Waals surface area (Å²) in [7, 11) is 0. The number of aryl methyl sites for hydroxylation is 1. The lowest BCUT2D eigenvalue weighted by Crippen LogP contribution is -2.38. The van der Waals surface area contributed by atoms with Crippen molar-refractivity contribution in [3.05, 3.63) is 52.6 Å². The minimum atomic E-state index is -4.86. The molecule has 1 spiro atoms. The summed E-state index contributed by atoms with van der Waals surface area (Å²) in [6.07, 6.45) is -0.647. The first kappa shape index (κ1) is 24.9. The number of fused-ring (bicyclic) bond motifs is 3. The zero-order chi connectivity index (χ0) is 26.7. The number of nitrogen functional groups attached to an aromatic ring is 1. The number of hydrogen-bond donors (Lipinski definition) is 2. The summed E-state index contributed by atoms with van der Waals surface area (Å²) in [6, 6.07) is 3.27. The molecule has 3 N–H and O–H groups in total. The van der Waals surface area contributed by atoms with Crippen LogP contribution in [0.5, 0.6) is 5.75 Å². The van der Waals surface area contributed by atoms with Gasteiger partial charge in [0.1, 0.15) is 17.2 Å². The molecule has 0 atom stereocenters. The number of ether oxygens (including phenoxy) is 3. The van der Waals surface area contributed by atoms with Crippen molar-refractivity contribution in [2.24, 2.45) is 0 Å². The number of hydrogen-bond acceptors (Lipinski definition) is 6. The maximum Gasteiger partial charge on any atom is 0.573 e. The van der Waals surface area contributed by atoms with Crippen LogP contribution in [0.15, 0.2) is 24.4 Å². The van der Waals surface area contributed by atoms with Crippen LogP contribution in [0.25, 0.3) is 11.0 Å². The van der Waals surface area contributed by atoms with E-state index in [9.17, 15) is 18.0 Å². The van der Waals surface area contributed by atoms with Crippen molar-refractivity contribution in [2.75, 3.05) is 32.0 Å². The molecule has 0 saturated carbocycles. The number of nitrogens with two attached hydrogens (primary N) is 1. The Bertz CT molecular complexity index is 1390. The highest BCUT2D eigenvalue weighted by Crippen LogP contribution is 2.43. The molecule has 2 fully saturated rings. The van der Waals surface area contributed by atoms with Gasteiger partial charge in [-0.15, -0.1) is 13.2 Å². The highest BCUT2D eigenvalue weighted by molar-refractivity contribution is 5.99. The Hall–Kier alpha value is -3.38. The predicted octanol–water partition coefficient (Wildman–Crippen LogP) is 4.43. The highest BCUT2D eigenvalue weighted by atomic mass is 19.4. The highest BCUT2D eigenvalue weighted by Gasteiger charge is 2.42. The third kappa shape index (κ3) is 4.45. The number of nitrogens with zero attached hydrogens (tertiary/aromatic N) is 2. The minimum Gasteiger partial charge on any atom is -0.406 e. The van der Waals surface area contributed by atoms with Crippen molar-refractivity contribution in [2.45, 2.75) is 50.2 Å². The number of alkyl halides is 3. The Morgan fingerprint density at radius 3 is 2.63 bits per heavy atom. The Morgan fingerprint density at radius 2 is 1.95 bits per heavy atom. The lowest BCUT2D eigenvalue weighted by molar-refractivity contribution is -0.274. The van der Waals surface area contributed by atoms with E-state index >= 15 is 4.39 Å². The normalized spacial score (nSPS) is 19.7. The van der Waals surface area contributed by atoms with Gasteiger partial charge in [0.05, 0.1) is 25.0 Å². The topological polar surface area (TPSA) is 103 Å². The van der Waals surface area contributed by atoms with E-state index in [1.807, 2.05) is 0 Å². The number of benzene rings is 1. The number of carbonyl (C=O) groups excluding carboxylic acids is 1. The molecule has 1 aliphatic carbocycles. The van der Waals surface area contributed by atoms with Gasteiger partial charge in [0.25, 0.3) is 5.91 Å². The average molecular weight is 535 g/mol. The second kappa shape index (κ2) is 9.12. The first-order chi connectivity index (χ1) is 18.1. The monoisotopic (exact) mass is 534 g/mol. The van der Waals surface area contributed by atoms with E-state index in [-0.39, 0.29) is 23.0 Å². The zero-order valence-electron chi connectivity index (χ0n) is 20.4. The lowest BCUT2D eigenvalue weighted by atomic mass is 9.83. The Labute approximate surface area is 215 Å². The summed E-state index contributed by atoms with van der Waals surface area (Å²) in [5, 5.41) is 0.771. The van der Waals surface area contributed by atoms with Gasteiger partial charge >= 0.3 is 6.36 Å². The van der Waals surface area contributed by atoms with E-state index in [1.165, 1.54) is 12.3 Å². The van der Waals surface area contributed by atoms with Crippen LogP contribution >= 0.6 is 0 Å². The molecule has 3 aromatic rings. The second-order valence-electron chi connectivity index (χ2n) is 9.97. The van der Waals surface area contributed by atoms with E-state index < -0.39 is 23.8 Å². The number of piperidine rings is 1. The smallest absolute Gasteiger partial charge is 0.406 e. The molecular formula is C26H26F4N4O4. The lowest BCUT2D eigenvalue weighted by Gasteiger charge is -2.34. The number of aromatic nitrogens is 2. The molecule has 38 heavy (non-hydrogen) atoms. The molecular weight excluding hydrogens is 508 g/mol. The van der Waals surface area contributed by atoms with Crippen LogP contribution in [0.2, 0.25) is 0 Å². The molecule has 6 rings (SSSR count). The van der Waals surface area contributed by atoms with E-state index in [0.717, 1.165) is 35.2 Å². The van der Waals surface area contributed by atoms with Crippen LogP contribution in [0.1, 0.15) is 52.4 Å². The number of H-pyrrole nitrogens is 1. The summed E-state index contributed by atoms with van der Waals surface area (Å²) >= 11 is 0. The van der Waals surface area contributed by atoms with E-state index in [1.54, 1.807) is 4.90 Å². The van der Waals surface area contributed by atoms with Crippen molar-refractivity contribution in [1.29, 1.82) is 0 Å². The Balaban J connectivity index is 1.22. The van der Waals surface area contributed by atoms with Gasteiger partial charge in [-0.2, -0.15) is 0 Å². The minimum absolute atomic E-state index is 0.0945. The van der Waals surface area contributed by atoms with Gasteiger partial charge in [-0.25, -0.2) is 9.37 Å². The zero-order valence-corrected chi connectivity index (χ0v) is 20.4. The van der Waals surface area contributed by atoms with E-state index in [2.05, 4.69) is 14.7 Å². The molecule has 8 nitrogen and oxygen atoms in total. The van der Waals surface area contributed by atoms with Crippen LogP contribution in [0, 0.1) is 5.82 Å². The van der Waals surface area contributed by atoms with Gasteiger partial charge < -0.3 is 29.8 Å². The number of likely N-dealkylation sites (tertiary alicyclic amines) is 1. The molecule has 0 bridgehead atoms. The standard InChI is InChI=1S/C26H26F4N4O4/c27-18-13-32-23-22(17-12-25(36-9-10-37-25)6-3-20(17)33-23)21(18)14-4-7-34(8-5-14)24(35)16-2-1-15(11-19(16)31)38-26(28,29)30/h1-2,11,13-14H,3-10,12,31H2,(H,32,33). The van der Waals surface area contributed by atoms with Gasteiger partial charge in [-0.05, 0) is 42.9 Å².